The van der Waals surface area contributed by atoms with E-state index >= 15 is 0 Å². The smallest absolute Gasteiger partial charge is 0.291 e. The second kappa shape index (κ2) is 8.92. The van der Waals surface area contributed by atoms with E-state index in [1.165, 1.54) is 5.56 Å². The van der Waals surface area contributed by atoms with E-state index < -0.39 is 0 Å². The molecule has 0 saturated carbocycles. The highest BCUT2D eigenvalue weighted by Crippen LogP contribution is 2.33. The SMILES string of the molecule is Cc1nc(C)c(C(=O)N2CCC(c3nc(C)c4c(n3)N(Cc3ccccn3)CCC4)CC2)o1. The van der Waals surface area contributed by atoms with Crippen molar-refractivity contribution in [3.05, 3.63) is 64.5 Å². The van der Waals surface area contributed by atoms with Crippen LogP contribution in [0.4, 0.5) is 5.82 Å². The molecule has 1 saturated heterocycles. The molecule has 8 nitrogen and oxygen atoms in total. The van der Waals surface area contributed by atoms with E-state index in [1.807, 2.05) is 30.2 Å². The lowest BCUT2D eigenvalue weighted by Gasteiger charge is -2.34. The molecule has 172 valence electrons. The molecule has 5 rings (SSSR count). The zero-order valence-electron chi connectivity index (χ0n) is 19.5. The summed E-state index contributed by atoms with van der Waals surface area (Å²) in [7, 11) is 0. The number of anilines is 1. The Bertz CT molecular complexity index is 1150. The number of aromatic nitrogens is 4. The Balaban J connectivity index is 1.32. The molecule has 0 unspecified atom stereocenters. The van der Waals surface area contributed by atoms with Crippen molar-refractivity contribution in [3.63, 3.8) is 0 Å². The predicted molar refractivity (Wildman–Crippen MR) is 124 cm³/mol. The molecule has 33 heavy (non-hydrogen) atoms. The lowest BCUT2D eigenvalue weighted by Crippen LogP contribution is -2.38. The number of fused-ring (bicyclic) bond motifs is 1. The first kappa shape index (κ1) is 21.6. The van der Waals surface area contributed by atoms with Crippen LogP contribution in [0.2, 0.25) is 0 Å². The maximum Gasteiger partial charge on any atom is 0.291 e. The van der Waals surface area contributed by atoms with Crippen molar-refractivity contribution in [2.45, 2.75) is 58.9 Å². The molecule has 3 aromatic rings. The minimum atomic E-state index is -0.0735. The third-order valence-corrected chi connectivity index (χ3v) is 6.69. The standard InChI is InChI=1S/C25H30N6O2/c1-16-21-8-6-12-31(15-20-7-4-5-11-26-20)24(21)29-23(28-16)19-9-13-30(14-10-19)25(32)22-17(2)27-18(3)33-22/h4-5,7,11,19H,6,8-10,12-15H2,1-3H3. The van der Waals surface area contributed by atoms with Crippen LogP contribution in [-0.4, -0.2) is 50.4 Å². The first-order valence-corrected chi connectivity index (χ1v) is 11.7. The lowest BCUT2D eigenvalue weighted by atomic mass is 9.94. The molecule has 8 heteroatoms. The van der Waals surface area contributed by atoms with Crippen LogP contribution in [0.3, 0.4) is 0 Å². The van der Waals surface area contributed by atoms with E-state index in [9.17, 15) is 4.79 Å². The van der Waals surface area contributed by atoms with Gasteiger partial charge in [0.2, 0.25) is 5.76 Å². The van der Waals surface area contributed by atoms with Gasteiger partial charge in [-0.05, 0) is 51.7 Å². The molecule has 0 spiro atoms. The summed E-state index contributed by atoms with van der Waals surface area (Å²) in [4.78, 5) is 35.8. The Morgan fingerprint density at radius 1 is 1.06 bits per heavy atom. The number of hydrogen-bond donors (Lipinski definition) is 0. The fourth-order valence-electron chi connectivity index (χ4n) is 4.95. The minimum absolute atomic E-state index is 0.0735. The van der Waals surface area contributed by atoms with Crippen LogP contribution in [0.1, 0.15) is 70.1 Å². The topological polar surface area (TPSA) is 88.3 Å². The molecular formula is C25H30N6O2. The molecule has 1 amide bonds. The number of carbonyl (C=O) groups excluding carboxylic acids is 1. The van der Waals surface area contributed by atoms with Crippen molar-refractivity contribution in [2.75, 3.05) is 24.5 Å². The van der Waals surface area contributed by atoms with Gasteiger partial charge in [-0.2, -0.15) is 0 Å². The van der Waals surface area contributed by atoms with E-state index in [0.29, 0.717) is 30.4 Å². The quantitative estimate of drug-likeness (QED) is 0.603. The summed E-state index contributed by atoms with van der Waals surface area (Å²) in [6.07, 6.45) is 5.65. The molecule has 0 aliphatic carbocycles. The highest BCUT2D eigenvalue weighted by Gasteiger charge is 2.31. The molecular weight excluding hydrogens is 416 g/mol. The third-order valence-electron chi connectivity index (χ3n) is 6.69. The van der Waals surface area contributed by atoms with Gasteiger partial charge in [-0.15, -0.1) is 0 Å². The van der Waals surface area contributed by atoms with Gasteiger partial charge in [-0.1, -0.05) is 6.07 Å². The van der Waals surface area contributed by atoms with Crippen molar-refractivity contribution >= 4 is 11.7 Å². The monoisotopic (exact) mass is 446 g/mol. The molecule has 2 aliphatic heterocycles. The van der Waals surface area contributed by atoms with Crippen LogP contribution in [0.5, 0.6) is 0 Å². The summed E-state index contributed by atoms with van der Waals surface area (Å²) >= 11 is 0. The molecule has 0 radical (unpaired) electrons. The summed E-state index contributed by atoms with van der Waals surface area (Å²) in [6, 6.07) is 6.04. The van der Waals surface area contributed by atoms with E-state index in [2.05, 4.69) is 27.9 Å². The average Bonchev–Trinajstić information content (AvgIpc) is 3.17. The summed E-state index contributed by atoms with van der Waals surface area (Å²) in [5.41, 5.74) is 4.03. The Hall–Kier alpha value is -3.29. The van der Waals surface area contributed by atoms with Crippen molar-refractivity contribution in [1.29, 1.82) is 0 Å². The largest absolute Gasteiger partial charge is 0.436 e. The summed E-state index contributed by atoms with van der Waals surface area (Å²) in [5, 5.41) is 0. The van der Waals surface area contributed by atoms with Crippen molar-refractivity contribution in [1.82, 2.24) is 24.8 Å². The first-order valence-electron chi connectivity index (χ1n) is 11.7. The van der Waals surface area contributed by atoms with Crippen LogP contribution < -0.4 is 4.90 Å². The van der Waals surface area contributed by atoms with E-state index in [1.54, 1.807) is 6.92 Å². The van der Waals surface area contributed by atoms with Crippen molar-refractivity contribution < 1.29 is 9.21 Å². The third kappa shape index (κ3) is 4.34. The predicted octanol–water partition coefficient (Wildman–Crippen LogP) is 3.76. The van der Waals surface area contributed by atoms with Gasteiger partial charge in [0.25, 0.3) is 5.91 Å². The van der Waals surface area contributed by atoms with Crippen LogP contribution >= 0.6 is 0 Å². The van der Waals surface area contributed by atoms with E-state index in [0.717, 1.165) is 61.8 Å². The normalized spacial score (nSPS) is 16.7. The Kier molecular flexibility index (Phi) is 5.83. The first-order chi connectivity index (χ1) is 16.0. The number of rotatable bonds is 4. The van der Waals surface area contributed by atoms with Gasteiger partial charge in [0.05, 0.1) is 17.9 Å². The highest BCUT2D eigenvalue weighted by molar-refractivity contribution is 5.92. The van der Waals surface area contributed by atoms with Gasteiger partial charge in [-0.3, -0.25) is 9.78 Å². The molecule has 0 N–H and O–H groups in total. The fourth-order valence-corrected chi connectivity index (χ4v) is 4.95. The summed E-state index contributed by atoms with van der Waals surface area (Å²) < 4.78 is 5.54. The van der Waals surface area contributed by atoms with E-state index in [-0.39, 0.29) is 11.8 Å². The number of carbonyl (C=O) groups is 1. The number of hydrogen-bond acceptors (Lipinski definition) is 7. The second-order valence-electron chi connectivity index (χ2n) is 9.03. The van der Waals surface area contributed by atoms with E-state index in [4.69, 9.17) is 14.4 Å². The Labute approximate surface area is 194 Å². The lowest BCUT2D eigenvalue weighted by molar-refractivity contribution is 0.0676. The summed E-state index contributed by atoms with van der Waals surface area (Å²) in [6.45, 7) is 8.75. The van der Waals surface area contributed by atoms with Gasteiger partial charge >= 0.3 is 0 Å². The molecule has 3 aromatic heterocycles. The molecule has 1 fully saturated rings. The molecule has 0 aromatic carbocycles. The number of oxazole rings is 1. The van der Waals surface area contributed by atoms with Crippen LogP contribution in [0.15, 0.2) is 28.8 Å². The Morgan fingerprint density at radius 2 is 1.88 bits per heavy atom. The number of amides is 1. The number of likely N-dealkylation sites (tertiary alicyclic amines) is 1. The molecule has 5 heterocycles. The van der Waals surface area contributed by atoms with Gasteiger partial charge < -0.3 is 14.2 Å². The van der Waals surface area contributed by atoms with Gasteiger partial charge in [-0.25, -0.2) is 15.0 Å². The van der Waals surface area contributed by atoms with Crippen molar-refractivity contribution in [2.24, 2.45) is 0 Å². The maximum atomic E-state index is 12.9. The highest BCUT2D eigenvalue weighted by atomic mass is 16.4. The minimum Gasteiger partial charge on any atom is -0.436 e. The number of piperidine rings is 1. The van der Waals surface area contributed by atoms with Gasteiger partial charge in [0, 0.05) is 49.9 Å². The van der Waals surface area contributed by atoms with Crippen molar-refractivity contribution in [3.8, 4) is 0 Å². The number of nitrogens with zero attached hydrogens (tertiary/aromatic N) is 6. The Morgan fingerprint density at radius 3 is 2.58 bits per heavy atom. The van der Waals surface area contributed by atoms with Gasteiger partial charge in [0.15, 0.2) is 5.89 Å². The van der Waals surface area contributed by atoms with Crippen LogP contribution in [0, 0.1) is 20.8 Å². The molecule has 2 aliphatic rings. The summed E-state index contributed by atoms with van der Waals surface area (Å²) in [5.74, 6) is 3.01. The average molecular weight is 447 g/mol. The van der Waals surface area contributed by atoms with Crippen LogP contribution in [-0.2, 0) is 13.0 Å². The number of aryl methyl sites for hydroxylation is 3. The fraction of sp³-hybridized carbons (Fsp3) is 0.480. The zero-order chi connectivity index (χ0) is 22.9. The zero-order valence-corrected chi connectivity index (χ0v) is 19.5. The second-order valence-corrected chi connectivity index (χ2v) is 9.03. The van der Waals surface area contributed by atoms with Gasteiger partial charge in [0.1, 0.15) is 11.6 Å². The maximum absolute atomic E-state index is 12.9. The van der Waals surface area contributed by atoms with Crippen LogP contribution in [0.25, 0.3) is 0 Å². The number of pyridine rings is 1. The molecule has 0 bridgehead atoms. The molecule has 0 atom stereocenters.